The van der Waals surface area contributed by atoms with Gasteiger partial charge in [0, 0.05) is 6.42 Å². The minimum Gasteiger partial charge on any atom is -0.493 e. The maximum absolute atomic E-state index is 11.7. The molecule has 27 heavy (non-hydrogen) atoms. The smallest absolute Gasteiger partial charge is 0.273 e. The van der Waals surface area contributed by atoms with Gasteiger partial charge in [0.1, 0.15) is 17.2 Å². The second kappa shape index (κ2) is 8.68. The summed E-state index contributed by atoms with van der Waals surface area (Å²) in [6.45, 7) is 5.26. The number of carbonyl (C=O) groups is 1. The van der Waals surface area contributed by atoms with E-state index in [0.717, 1.165) is 23.5 Å². The summed E-state index contributed by atoms with van der Waals surface area (Å²) in [6, 6.07) is 13.7. The van der Waals surface area contributed by atoms with Crippen molar-refractivity contribution < 1.29 is 14.3 Å². The first-order valence-electron chi connectivity index (χ1n) is 8.77. The molecule has 1 amide bonds. The van der Waals surface area contributed by atoms with Gasteiger partial charge in [-0.3, -0.25) is 10.1 Å². The Bertz CT molecular complexity index is 872. The van der Waals surface area contributed by atoms with E-state index in [4.69, 9.17) is 21.7 Å². The summed E-state index contributed by atoms with van der Waals surface area (Å²) in [7, 11) is 0. The summed E-state index contributed by atoms with van der Waals surface area (Å²) in [5.41, 5.74) is 3.68. The first-order chi connectivity index (χ1) is 13.0. The molecule has 0 aromatic heterocycles. The van der Waals surface area contributed by atoms with E-state index in [2.05, 4.69) is 30.5 Å². The quantitative estimate of drug-likeness (QED) is 0.436. The van der Waals surface area contributed by atoms with Crippen LogP contribution >= 0.6 is 12.2 Å². The Morgan fingerprint density at radius 3 is 2.33 bits per heavy atom. The molecule has 140 valence electrons. The van der Waals surface area contributed by atoms with Gasteiger partial charge in [0.15, 0.2) is 5.11 Å². The molecular formula is C21H22N2O3S. The van der Waals surface area contributed by atoms with Crippen LogP contribution in [0.1, 0.15) is 23.1 Å². The van der Waals surface area contributed by atoms with Gasteiger partial charge in [0.2, 0.25) is 0 Å². The second-order valence-corrected chi connectivity index (χ2v) is 6.82. The molecule has 1 aliphatic rings. The van der Waals surface area contributed by atoms with Gasteiger partial charge >= 0.3 is 0 Å². The van der Waals surface area contributed by atoms with Crippen LogP contribution in [0.4, 0.5) is 0 Å². The number of aryl methyl sites for hydroxylation is 2. The molecule has 2 N–H and O–H groups in total. The number of nitrogens with one attached hydrogen (secondary N) is 2. The highest BCUT2D eigenvalue weighted by molar-refractivity contribution is 7.80. The lowest BCUT2D eigenvalue weighted by Gasteiger charge is -2.10. The lowest BCUT2D eigenvalue weighted by molar-refractivity contribution is -0.115. The number of carbonyl (C=O) groups excluding carboxylic acids is 1. The molecule has 0 atom stereocenters. The van der Waals surface area contributed by atoms with E-state index in [-0.39, 0.29) is 5.91 Å². The van der Waals surface area contributed by atoms with Crippen molar-refractivity contribution in [1.29, 1.82) is 0 Å². The summed E-state index contributed by atoms with van der Waals surface area (Å²) < 4.78 is 11.6. The third kappa shape index (κ3) is 5.56. The first kappa shape index (κ1) is 18.9. The molecule has 1 saturated heterocycles. The Hall–Kier alpha value is -2.86. The summed E-state index contributed by atoms with van der Waals surface area (Å²) >= 11 is 4.93. The summed E-state index contributed by atoms with van der Waals surface area (Å²) in [4.78, 5) is 11.7. The number of benzene rings is 2. The van der Waals surface area contributed by atoms with Crippen molar-refractivity contribution in [2.75, 3.05) is 13.2 Å². The van der Waals surface area contributed by atoms with Gasteiger partial charge in [-0.05, 0) is 73.1 Å². The highest BCUT2D eigenvalue weighted by Crippen LogP contribution is 2.18. The Labute approximate surface area is 164 Å². The first-order valence-corrected chi connectivity index (χ1v) is 9.18. The zero-order valence-corrected chi connectivity index (χ0v) is 16.2. The van der Waals surface area contributed by atoms with E-state index < -0.39 is 0 Å². The molecule has 0 unspecified atom stereocenters. The van der Waals surface area contributed by atoms with Crippen LogP contribution < -0.4 is 20.1 Å². The van der Waals surface area contributed by atoms with Crippen LogP contribution in [0.2, 0.25) is 0 Å². The predicted molar refractivity (Wildman–Crippen MR) is 110 cm³/mol. The number of amides is 1. The van der Waals surface area contributed by atoms with E-state index in [1.807, 2.05) is 36.4 Å². The highest BCUT2D eigenvalue weighted by Gasteiger charge is 2.19. The van der Waals surface area contributed by atoms with Crippen LogP contribution in [0.5, 0.6) is 11.5 Å². The SMILES string of the molecule is Cc1cc(C)cc(OCCCOc2cccc(C=C3NC(=S)NC3=O)c2)c1. The fraction of sp³-hybridized carbons (Fsp3) is 0.238. The van der Waals surface area contributed by atoms with Gasteiger partial charge in [0.05, 0.1) is 13.2 Å². The van der Waals surface area contributed by atoms with E-state index in [1.165, 1.54) is 11.1 Å². The second-order valence-electron chi connectivity index (χ2n) is 6.41. The van der Waals surface area contributed by atoms with E-state index in [1.54, 1.807) is 6.08 Å². The standard InChI is InChI=1S/C21H22N2O3S/c1-14-9-15(2)11-18(10-14)26-8-4-7-25-17-6-3-5-16(12-17)13-19-20(24)23-21(27)22-19/h3,5-6,9-13H,4,7-8H2,1-2H3,(H2,22,23,24,27). The van der Waals surface area contributed by atoms with Gasteiger partial charge in [-0.2, -0.15) is 0 Å². The van der Waals surface area contributed by atoms with Crippen LogP contribution in [0, 0.1) is 13.8 Å². The van der Waals surface area contributed by atoms with Crippen LogP contribution in [0.25, 0.3) is 6.08 Å². The molecule has 0 aliphatic carbocycles. The zero-order valence-electron chi connectivity index (χ0n) is 15.4. The molecule has 0 spiro atoms. The minimum absolute atomic E-state index is 0.227. The minimum atomic E-state index is -0.227. The third-order valence-electron chi connectivity index (χ3n) is 3.91. The van der Waals surface area contributed by atoms with Crippen LogP contribution in [0.15, 0.2) is 48.2 Å². The number of rotatable bonds is 7. The topological polar surface area (TPSA) is 59.6 Å². The van der Waals surface area contributed by atoms with E-state index >= 15 is 0 Å². The van der Waals surface area contributed by atoms with Crippen molar-refractivity contribution in [3.05, 3.63) is 64.9 Å². The van der Waals surface area contributed by atoms with Crippen molar-refractivity contribution in [2.24, 2.45) is 0 Å². The Kier molecular flexibility index (Phi) is 6.08. The number of ether oxygens (including phenoxy) is 2. The molecule has 1 aliphatic heterocycles. The molecule has 1 heterocycles. The van der Waals surface area contributed by atoms with Crippen LogP contribution in [0.3, 0.4) is 0 Å². The maximum Gasteiger partial charge on any atom is 0.273 e. The average molecular weight is 382 g/mol. The van der Waals surface area contributed by atoms with Crippen LogP contribution in [-0.4, -0.2) is 24.2 Å². The van der Waals surface area contributed by atoms with Gasteiger partial charge < -0.3 is 14.8 Å². The predicted octanol–water partition coefficient (Wildman–Crippen LogP) is 3.50. The summed E-state index contributed by atoms with van der Waals surface area (Å²) in [5.74, 6) is 1.41. The molecule has 3 rings (SSSR count). The van der Waals surface area contributed by atoms with Gasteiger partial charge in [-0.1, -0.05) is 18.2 Å². The van der Waals surface area contributed by atoms with Crippen LogP contribution in [-0.2, 0) is 4.79 Å². The Balaban J connectivity index is 1.48. The zero-order chi connectivity index (χ0) is 19.2. The normalized spacial score (nSPS) is 14.8. The van der Waals surface area contributed by atoms with Crippen molar-refractivity contribution in [2.45, 2.75) is 20.3 Å². The fourth-order valence-corrected chi connectivity index (χ4v) is 3.00. The summed E-state index contributed by atoms with van der Waals surface area (Å²) in [6.07, 6.45) is 2.52. The summed E-state index contributed by atoms with van der Waals surface area (Å²) in [5, 5.41) is 5.69. The molecular weight excluding hydrogens is 360 g/mol. The maximum atomic E-state index is 11.7. The average Bonchev–Trinajstić information content (AvgIpc) is 2.91. The third-order valence-corrected chi connectivity index (χ3v) is 4.11. The molecule has 5 nitrogen and oxygen atoms in total. The molecule has 1 fully saturated rings. The van der Waals surface area contributed by atoms with Crippen molar-refractivity contribution >= 4 is 29.3 Å². The van der Waals surface area contributed by atoms with Crippen molar-refractivity contribution in [1.82, 2.24) is 10.6 Å². The van der Waals surface area contributed by atoms with Crippen molar-refractivity contribution in [3.63, 3.8) is 0 Å². The lowest BCUT2D eigenvalue weighted by Crippen LogP contribution is -2.21. The molecule has 0 saturated carbocycles. The molecule has 2 aromatic rings. The van der Waals surface area contributed by atoms with Gasteiger partial charge in [-0.15, -0.1) is 0 Å². The highest BCUT2D eigenvalue weighted by atomic mass is 32.1. The van der Waals surface area contributed by atoms with E-state index in [9.17, 15) is 4.79 Å². The Morgan fingerprint density at radius 1 is 0.963 bits per heavy atom. The fourth-order valence-electron chi connectivity index (χ4n) is 2.80. The number of thiocarbonyl (C=S) groups is 1. The van der Waals surface area contributed by atoms with Crippen molar-refractivity contribution in [3.8, 4) is 11.5 Å². The van der Waals surface area contributed by atoms with E-state index in [0.29, 0.717) is 24.0 Å². The number of hydrogen-bond acceptors (Lipinski definition) is 4. The molecule has 2 aromatic carbocycles. The van der Waals surface area contributed by atoms with Gasteiger partial charge in [0.25, 0.3) is 5.91 Å². The largest absolute Gasteiger partial charge is 0.493 e. The van der Waals surface area contributed by atoms with Gasteiger partial charge in [-0.25, -0.2) is 0 Å². The molecule has 0 radical (unpaired) electrons. The Morgan fingerprint density at radius 2 is 1.67 bits per heavy atom. The monoisotopic (exact) mass is 382 g/mol. The number of hydrogen-bond donors (Lipinski definition) is 2. The molecule has 6 heteroatoms. The lowest BCUT2D eigenvalue weighted by atomic mass is 10.1. The molecule has 0 bridgehead atoms.